The molecule has 1 amide bonds. The first-order valence-electron chi connectivity index (χ1n) is 13.0. The number of nitrogens with zero attached hydrogens (tertiary/aromatic N) is 1. The van der Waals surface area contributed by atoms with Crippen molar-refractivity contribution in [2.45, 2.75) is 49.5 Å². The Morgan fingerprint density at radius 1 is 0.976 bits per heavy atom. The Kier molecular flexibility index (Phi) is 13.5. The second kappa shape index (κ2) is 16.5. The van der Waals surface area contributed by atoms with E-state index in [4.69, 9.17) is 9.84 Å². The predicted octanol–water partition coefficient (Wildman–Crippen LogP) is 7.34. The van der Waals surface area contributed by atoms with Gasteiger partial charge in [-0.15, -0.1) is 0 Å². The van der Waals surface area contributed by atoms with Gasteiger partial charge >= 0.3 is 6.09 Å². The van der Waals surface area contributed by atoms with Crippen LogP contribution in [0.15, 0.2) is 78.0 Å². The second-order valence-corrected chi connectivity index (χ2v) is 11.1. The lowest BCUT2D eigenvalue weighted by Gasteiger charge is -2.20. The largest absolute Gasteiger partial charge is 0.444 e. The van der Waals surface area contributed by atoms with Gasteiger partial charge in [-0.25, -0.2) is 18.6 Å². The topological polar surface area (TPSA) is 101 Å². The van der Waals surface area contributed by atoms with E-state index in [1.807, 2.05) is 45.1 Å². The third-order valence-electron chi connectivity index (χ3n) is 5.61. The molecule has 0 spiro atoms. The van der Waals surface area contributed by atoms with Gasteiger partial charge in [0, 0.05) is 25.3 Å². The SMILES string of the molecule is CNc1cc(-c2ccc(F)cc2)ccc1NC(=O)OC(C)(C)C.CO.O=CC1C=CC(Sc2ccc(F)cn2)CC1. The number of nitrogens with one attached hydrogen (secondary N) is 2. The molecule has 2 atom stereocenters. The molecule has 1 aliphatic carbocycles. The number of carbonyl (C=O) groups excluding carboxylic acids is 2. The van der Waals surface area contributed by atoms with Gasteiger partial charge < -0.3 is 20.0 Å². The number of anilines is 2. The lowest BCUT2D eigenvalue weighted by molar-refractivity contribution is -0.110. The van der Waals surface area contributed by atoms with Crippen LogP contribution in [0.25, 0.3) is 11.1 Å². The molecule has 7 nitrogen and oxygen atoms in total. The number of hydrogen-bond acceptors (Lipinski definition) is 7. The highest BCUT2D eigenvalue weighted by Crippen LogP contribution is 2.31. The number of aliphatic hydroxyl groups excluding tert-OH is 1. The van der Waals surface area contributed by atoms with Crippen LogP contribution < -0.4 is 10.6 Å². The van der Waals surface area contributed by atoms with Crippen molar-refractivity contribution in [3.8, 4) is 11.1 Å². The standard InChI is InChI=1S/C18H21FN2O2.C12H12FNOS.CH4O/c1-18(2,3)23-17(22)21-15-10-7-13(11-16(15)20-4)12-5-8-14(19)9-6-12;13-10-3-6-12(14-7-10)16-11-4-1-9(8-15)2-5-11;1-2/h5-11,20H,1-4H3,(H,21,22);1,3-4,6-9,11H,2,5H2;2H,1H3. The summed E-state index contributed by atoms with van der Waals surface area (Å²) in [7, 11) is 2.77. The van der Waals surface area contributed by atoms with Crippen molar-refractivity contribution in [1.29, 1.82) is 0 Å². The maximum Gasteiger partial charge on any atom is 0.412 e. The molecule has 1 aliphatic rings. The van der Waals surface area contributed by atoms with E-state index in [9.17, 15) is 18.4 Å². The fourth-order valence-electron chi connectivity index (χ4n) is 3.71. The average molecular weight is 586 g/mol. The van der Waals surface area contributed by atoms with E-state index < -0.39 is 11.7 Å². The minimum absolute atomic E-state index is 0.0676. The average Bonchev–Trinajstić information content (AvgIpc) is 2.96. The normalized spacial score (nSPS) is 15.8. The van der Waals surface area contributed by atoms with E-state index in [1.165, 1.54) is 24.4 Å². The van der Waals surface area contributed by atoms with Gasteiger partial charge in [-0.1, -0.05) is 42.1 Å². The zero-order chi connectivity index (χ0) is 30.4. The fraction of sp³-hybridized carbons (Fsp3) is 0.323. The van der Waals surface area contributed by atoms with Gasteiger partial charge in [-0.2, -0.15) is 0 Å². The molecule has 220 valence electrons. The number of aromatic nitrogens is 1. The van der Waals surface area contributed by atoms with Crippen LogP contribution in [0.5, 0.6) is 0 Å². The van der Waals surface area contributed by atoms with Crippen LogP contribution in [0, 0.1) is 17.6 Å². The van der Waals surface area contributed by atoms with Gasteiger partial charge in [-0.3, -0.25) is 5.32 Å². The summed E-state index contributed by atoms with van der Waals surface area (Å²) in [6.07, 6.45) is 7.53. The molecule has 1 aromatic heterocycles. The summed E-state index contributed by atoms with van der Waals surface area (Å²) < 4.78 is 30.9. The maximum absolute atomic E-state index is 13.0. The van der Waals surface area contributed by atoms with Gasteiger partial charge in [0.1, 0.15) is 23.5 Å². The zero-order valence-corrected chi connectivity index (χ0v) is 24.7. The molecule has 1 heterocycles. The summed E-state index contributed by atoms with van der Waals surface area (Å²) >= 11 is 1.61. The second-order valence-electron chi connectivity index (χ2n) is 9.88. The molecule has 10 heteroatoms. The number of rotatable bonds is 6. The molecule has 0 radical (unpaired) electrons. The Balaban J connectivity index is 0.000000285. The van der Waals surface area contributed by atoms with Crippen molar-refractivity contribution in [3.05, 3.63) is 84.6 Å². The highest BCUT2D eigenvalue weighted by molar-refractivity contribution is 8.00. The molecule has 0 saturated carbocycles. The Bertz CT molecular complexity index is 1280. The fourth-order valence-corrected chi connectivity index (χ4v) is 4.70. The number of pyridine rings is 1. The van der Waals surface area contributed by atoms with Crippen molar-refractivity contribution in [1.82, 2.24) is 4.98 Å². The smallest absolute Gasteiger partial charge is 0.412 e. The van der Waals surface area contributed by atoms with Crippen LogP contribution in [0.1, 0.15) is 33.6 Å². The Hall–Kier alpha value is -3.76. The Morgan fingerprint density at radius 3 is 2.17 bits per heavy atom. The molecular weight excluding hydrogens is 548 g/mol. The number of aliphatic hydroxyl groups is 1. The van der Waals surface area contributed by atoms with Gasteiger partial charge in [0.05, 0.1) is 22.6 Å². The first-order chi connectivity index (χ1) is 19.6. The van der Waals surface area contributed by atoms with Crippen LogP contribution >= 0.6 is 11.8 Å². The summed E-state index contributed by atoms with van der Waals surface area (Å²) in [6.45, 7) is 5.43. The first kappa shape index (κ1) is 33.4. The Morgan fingerprint density at radius 2 is 1.63 bits per heavy atom. The number of hydrogen-bond donors (Lipinski definition) is 3. The van der Waals surface area contributed by atoms with E-state index in [1.54, 1.807) is 43.1 Å². The number of halogens is 2. The van der Waals surface area contributed by atoms with Gasteiger partial charge in [0.15, 0.2) is 0 Å². The molecule has 2 unspecified atom stereocenters. The van der Waals surface area contributed by atoms with E-state index in [0.717, 1.165) is 48.1 Å². The van der Waals surface area contributed by atoms with Crippen molar-refractivity contribution in [3.63, 3.8) is 0 Å². The van der Waals surface area contributed by atoms with Crippen molar-refractivity contribution in [2.75, 3.05) is 24.8 Å². The first-order valence-corrected chi connectivity index (χ1v) is 13.9. The van der Waals surface area contributed by atoms with E-state index in [-0.39, 0.29) is 17.6 Å². The molecule has 41 heavy (non-hydrogen) atoms. The number of aldehydes is 1. The summed E-state index contributed by atoms with van der Waals surface area (Å²) in [5.74, 6) is -0.520. The quantitative estimate of drug-likeness (QED) is 0.206. The zero-order valence-electron chi connectivity index (χ0n) is 23.9. The molecule has 0 saturated heterocycles. The lowest BCUT2D eigenvalue weighted by Crippen LogP contribution is -2.27. The van der Waals surface area contributed by atoms with Crippen LogP contribution in [0.4, 0.5) is 25.0 Å². The van der Waals surface area contributed by atoms with Crippen LogP contribution in [0.2, 0.25) is 0 Å². The number of thioether (sulfide) groups is 1. The third kappa shape index (κ3) is 11.7. The number of carbonyl (C=O) groups is 2. The molecule has 0 aliphatic heterocycles. The van der Waals surface area contributed by atoms with Gasteiger partial charge in [0.25, 0.3) is 0 Å². The van der Waals surface area contributed by atoms with Crippen LogP contribution in [-0.4, -0.2) is 47.5 Å². The number of allylic oxidation sites excluding steroid dienone is 1. The van der Waals surface area contributed by atoms with E-state index in [0.29, 0.717) is 10.9 Å². The highest BCUT2D eigenvalue weighted by Gasteiger charge is 2.18. The molecule has 0 bridgehead atoms. The van der Waals surface area contributed by atoms with Crippen LogP contribution in [-0.2, 0) is 9.53 Å². The predicted molar refractivity (Wildman–Crippen MR) is 161 cm³/mol. The summed E-state index contributed by atoms with van der Waals surface area (Å²) in [6, 6.07) is 14.9. The van der Waals surface area contributed by atoms with E-state index in [2.05, 4.69) is 15.6 Å². The van der Waals surface area contributed by atoms with Gasteiger partial charge in [0.2, 0.25) is 0 Å². The molecular formula is C31H37F2N3O4S. The molecule has 3 aromatic rings. The van der Waals surface area contributed by atoms with Crippen molar-refractivity contribution >= 4 is 35.5 Å². The summed E-state index contributed by atoms with van der Waals surface area (Å²) in [5, 5.41) is 13.9. The van der Waals surface area contributed by atoms with Crippen LogP contribution in [0.3, 0.4) is 0 Å². The van der Waals surface area contributed by atoms with Crippen molar-refractivity contribution in [2.24, 2.45) is 5.92 Å². The minimum atomic E-state index is -0.558. The Labute approximate surface area is 244 Å². The molecule has 4 rings (SSSR count). The third-order valence-corrected chi connectivity index (χ3v) is 6.79. The summed E-state index contributed by atoms with van der Waals surface area (Å²) in [5.41, 5.74) is 2.62. The number of ether oxygens (including phenoxy) is 1. The number of benzene rings is 2. The lowest BCUT2D eigenvalue weighted by atomic mass is 9.97. The molecule has 2 aromatic carbocycles. The minimum Gasteiger partial charge on any atom is -0.444 e. The highest BCUT2D eigenvalue weighted by atomic mass is 32.2. The monoisotopic (exact) mass is 585 g/mol. The van der Waals surface area contributed by atoms with Crippen molar-refractivity contribution < 1.29 is 28.2 Å². The maximum atomic E-state index is 13.0. The molecule has 3 N–H and O–H groups in total. The number of amides is 1. The molecule has 0 fully saturated rings. The van der Waals surface area contributed by atoms with E-state index >= 15 is 0 Å². The summed E-state index contributed by atoms with van der Waals surface area (Å²) in [4.78, 5) is 26.4. The van der Waals surface area contributed by atoms with Gasteiger partial charge in [-0.05, 0) is 81.1 Å².